The molecule has 1 rings (SSSR count). The first-order valence-corrected chi connectivity index (χ1v) is 7.53. The van der Waals surface area contributed by atoms with E-state index in [9.17, 15) is 4.79 Å². The van der Waals surface area contributed by atoms with Crippen molar-refractivity contribution < 1.29 is 4.79 Å². The number of carbonyl (C=O) groups is 1. The first-order valence-electron chi connectivity index (χ1n) is 5.60. The van der Waals surface area contributed by atoms with Crippen molar-refractivity contribution in [1.82, 2.24) is 0 Å². The minimum atomic E-state index is -0.0270. The molecule has 0 bridgehead atoms. The van der Waals surface area contributed by atoms with Gasteiger partial charge in [-0.05, 0) is 24.3 Å². The molecule has 0 aliphatic heterocycles. The summed E-state index contributed by atoms with van der Waals surface area (Å²) in [5.41, 5.74) is 0.538. The van der Waals surface area contributed by atoms with E-state index in [0.29, 0.717) is 21.6 Å². The monoisotopic (exact) mass is 268 g/mol. The van der Waals surface area contributed by atoms with Crippen molar-refractivity contribution in [3.63, 3.8) is 0 Å². The molecule has 0 spiro atoms. The van der Waals surface area contributed by atoms with Crippen molar-refractivity contribution >= 4 is 34.0 Å². The maximum atomic E-state index is 11.7. The third-order valence-electron chi connectivity index (χ3n) is 2.40. The van der Waals surface area contributed by atoms with Crippen LogP contribution < -0.4 is 5.32 Å². The number of anilines is 1. The molecule has 1 heterocycles. The van der Waals surface area contributed by atoms with Gasteiger partial charge in [-0.3, -0.25) is 4.79 Å². The summed E-state index contributed by atoms with van der Waals surface area (Å²) in [6.45, 7) is 4.26. The predicted molar refractivity (Wildman–Crippen MR) is 74.5 cm³/mol. The Kier molecular flexibility index (Phi) is 6.09. The SMILES string of the molecule is CCC(CC)SCC(=O)Nc1sccc1C#N. The topological polar surface area (TPSA) is 52.9 Å². The Morgan fingerprint density at radius 2 is 2.29 bits per heavy atom. The van der Waals surface area contributed by atoms with E-state index >= 15 is 0 Å². The number of nitrogens with zero attached hydrogens (tertiary/aromatic N) is 1. The summed E-state index contributed by atoms with van der Waals surface area (Å²) in [6.07, 6.45) is 2.16. The number of carbonyl (C=O) groups excluding carboxylic acids is 1. The highest BCUT2D eigenvalue weighted by Crippen LogP contribution is 2.23. The van der Waals surface area contributed by atoms with Crippen molar-refractivity contribution in [2.45, 2.75) is 31.9 Å². The van der Waals surface area contributed by atoms with Crippen LogP contribution in [0.2, 0.25) is 0 Å². The third kappa shape index (κ3) is 4.41. The number of thioether (sulfide) groups is 1. The minimum Gasteiger partial charge on any atom is -0.316 e. The summed E-state index contributed by atoms with van der Waals surface area (Å²) in [4.78, 5) is 11.7. The van der Waals surface area contributed by atoms with Crippen LogP contribution in [0.3, 0.4) is 0 Å². The van der Waals surface area contributed by atoms with Crippen LogP contribution in [0.4, 0.5) is 5.00 Å². The fourth-order valence-electron chi connectivity index (χ4n) is 1.37. The second-order valence-corrected chi connectivity index (χ2v) is 5.78. The van der Waals surface area contributed by atoms with E-state index in [4.69, 9.17) is 5.26 Å². The van der Waals surface area contributed by atoms with Gasteiger partial charge >= 0.3 is 0 Å². The van der Waals surface area contributed by atoms with Crippen molar-refractivity contribution in [2.24, 2.45) is 0 Å². The van der Waals surface area contributed by atoms with Crippen molar-refractivity contribution in [2.75, 3.05) is 11.1 Å². The Hall–Kier alpha value is -0.990. The standard InChI is InChI=1S/C12H16N2OS2/c1-3-10(4-2)17-8-11(15)14-12-9(7-13)5-6-16-12/h5-6,10H,3-4,8H2,1-2H3,(H,14,15). The molecule has 92 valence electrons. The fraction of sp³-hybridized carbons (Fsp3) is 0.500. The highest BCUT2D eigenvalue weighted by Gasteiger charge is 2.10. The fourth-order valence-corrected chi connectivity index (χ4v) is 3.06. The van der Waals surface area contributed by atoms with Gasteiger partial charge in [0.2, 0.25) is 5.91 Å². The summed E-state index contributed by atoms with van der Waals surface area (Å²) in [5, 5.41) is 14.6. The number of rotatable bonds is 6. The van der Waals surface area contributed by atoms with E-state index in [1.54, 1.807) is 17.8 Å². The van der Waals surface area contributed by atoms with Gasteiger partial charge in [-0.25, -0.2) is 0 Å². The van der Waals surface area contributed by atoms with Crippen LogP contribution in [0.15, 0.2) is 11.4 Å². The number of hydrogen-bond acceptors (Lipinski definition) is 4. The average molecular weight is 268 g/mol. The third-order valence-corrected chi connectivity index (χ3v) is 4.80. The quantitative estimate of drug-likeness (QED) is 0.859. The number of nitrogens with one attached hydrogen (secondary N) is 1. The van der Waals surface area contributed by atoms with Crippen LogP contribution in [0.1, 0.15) is 32.3 Å². The van der Waals surface area contributed by atoms with Crippen LogP contribution in [-0.4, -0.2) is 16.9 Å². The van der Waals surface area contributed by atoms with E-state index in [2.05, 4.69) is 25.2 Å². The molecule has 0 aromatic carbocycles. The highest BCUT2D eigenvalue weighted by atomic mass is 32.2. The van der Waals surface area contributed by atoms with Gasteiger partial charge in [-0.15, -0.1) is 23.1 Å². The van der Waals surface area contributed by atoms with Crippen molar-refractivity contribution in [3.8, 4) is 6.07 Å². The van der Waals surface area contributed by atoms with Crippen molar-refractivity contribution in [3.05, 3.63) is 17.0 Å². The van der Waals surface area contributed by atoms with Crippen LogP contribution in [-0.2, 0) is 4.79 Å². The Morgan fingerprint density at radius 3 is 2.88 bits per heavy atom. The van der Waals surface area contributed by atoms with Crippen LogP contribution >= 0.6 is 23.1 Å². The van der Waals surface area contributed by atoms with Gasteiger partial charge in [-0.2, -0.15) is 5.26 Å². The molecule has 17 heavy (non-hydrogen) atoms. The lowest BCUT2D eigenvalue weighted by Gasteiger charge is -2.11. The number of hydrogen-bond donors (Lipinski definition) is 1. The normalized spacial score (nSPS) is 10.2. The zero-order valence-electron chi connectivity index (χ0n) is 10.0. The minimum absolute atomic E-state index is 0.0270. The molecule has 1 aromatic heterocycles. The predicted octanol–water partition coefficient (Wildman–Crippen LogP) is 3.48. The number of thiophene rings is 1. The average Bonchev–Trinajstić information content (AvgIpc) is 2.77. The molecule has 0 unspecified atom stereocenters. The van der Waals surface area contributed by atoms with Crippen molar-refractivity contribution in [1.29, 1.82) is 5.26 Å². The van der Waals surface area contributed by atoms with Gasteiger partial charge in [0, 0.05) is 5.25 Å². The summed E-state index contributed by atoms with van der Waals surface area (Å²) >= 11 is 3.06. The molecule has 0 aliphatic rings. The van der Waals surface area contributed by atoms with Gasteiger partial charge in [0.1, 0.15) is 11.1 Å². The molecule has 0 fully saturated rings. The van der Waals surface area contributed by atoms with E-state index < -0.39 is 0 Å². The molecule has 3 nitrogen and oxygen atoms in total. The van der Waals surface area contributed by atoms with E-state index in [-0.39, 0.29) is 5.91 Å². The van der Waals surface area contributed by atoms with E-state index in [1.807, 2.05) is 5.38 Å². The van der Waals surface area contributed by atoms with Crippen LogP contribution in [0, 0.1) is 11.3 Å². The second kappa shape index (κ2) is 7.36. The molecule has 1 N–H and O–H groups in total. The highest BCUT2D eigenvalue weighted by molar-refractivity contribution is 8.00. The summed E-state index contributed by atoms with van der Waals surface area (Å²) in [6, 6.07) is 3.77. The summed E-state index contributed by atoms with van der Waals surface area (Å²) in [7, 11) is 0. The smallest absolute Gasteiger partial charge is 0.235 e. The molecule has 1 aromatic rings. The zero-order valence-corrected chi connectivity index (χ0v) is 11.7. The maximum absolute atomic E-state index is 11.7. The van der Waals surface area contributed by atoms with Gasteiger partial charge < -0.3 is 5.32 Å². The lowest BCUT2D eigenvalue weighted by molar-refractivity contribution is -0.113. The Balaban J connectivity index is 2.43. The van der Waals surface area contributed by atoms with Crippen LogP contribution in [0.25, 0.3) is 0 Å². The number of nitriles is 1. The molecular weight excluding hydrogens is 252 g/mol. The molecule has 0 saturated heterocycles. The Morgan fingerprint density at radius 1 is 1.59 bits per heavy atom. The largest absolute Gasteiger partial charge is 0.316 e. The summed E-state index contributed by atoms with van der Waals surface area (Å²) in [5.74, 6) is 0.426. The van der Waals surface area contributed by atoms with E-state index in [1.165, 1.54) is 11.3 Å². The maximum Gasteiger partial charge on any atom is 0.235 e. The first kappa shape index (κ1) is 14.1. The van der Waals surface area contributed by atoms with Gasteiger partial charge in [0.15, 0.2) is 0 Å². The lowest BCUT2D eigenvalue weighted by Crippen LogP contribution is -2.16. The molecule has 0 radical (unpaired) electrons. The van der Waals surface area contributed by atoms with Crippen LogP contribution in [0.5, 0.6) is 0 Å². The number of amides is 1. The lowest BCUT2D eigenvalue weighted by atomic mass is 10.3. The molecular formula is C12H16N2OS2. The Labute approximate surface area is 110 Å². The van der Waals surface area contributed by atoms with Gasteiger partial charge in [-0.1, -0.05) is 13.8 Å². The van der Waals surface area contributed by atoms with E-state index in [0.717, 1.165) is 12.8 Å². The summed E-state index contributed by atoms with van der Waals surface area (Å²) < 4.78 is 0. The first-order chi connectivity index (χ1) is 8.21. The van der Waals surface area contributed by atoms with Gasteiger partial charge in [0.05, 0.1) is 11.3 Å². The van der Waals surface area contributed by atoms with Gasteiger partial charge in [0.25, 0.3) is 0 Å². The zero-order chi connectivity index (χ0) is 12.7. The molecule has 1 amide bonds. The molecule has 0 aliphatic carbocycles. The molecule has 0 atom stereocenters. The molecule has 5 heteroatoms. The molecule has 0 saturated carbocycles. The second-order valence-electron chi connectivity index (χ2n) is 3.57. The Bertz CT molecular complexity index is 405.